The number of hydrogen-bond donors (Lipinski definition) is 2. The van der Waals surface area contributed by atoms with Gasteiger partial charge in [-0.1, -0.05) is 30.3 Å². The number of carbonyl (C=O) groups excluding carboxylic acids is 1. The first-order valence-electron chi connectivity index (χ1n) is 4.75. The van der Waals surface area contributed by atoms with Crippen molar-refractivity contribution in [3.05, 3.63) is 35.9 Å². The first-order chi connectivity index (χ1) is 6.74. The minimum absolute atomic E-state index is 0.0964. The molecule has 0 fully saturated rings. The summed E-state index contributed by atoms with van der Waals surface area (Å²) in [6, 6.07) is 9.62. The molecule has 0 radical (unpaired) electrons. The van der Waals surface area contributed by atoms with E-state index in [0.29, 0.717) is 6.42 Å². The topological polar surface area (TPSA) is 55.1 Å². The van der Waals surface area contributed by atoms with Crippen molar-refractivity contribution in [1.29, 1.82) is 0 Å². The van der Waals surface area contributed by atoms with Crippen LogP contribution < -0.4 is 11.1 Å². The van der Waals surface area contributed by atoms with Gasteiger partial charge in [-0.3, -0.25) is 4.79 Å². The molecular weight excluding hydrogens is 176 g/mol. The molecule has 0 bridgehead atoms. The summed E-state index contributed by atoms with van der Waals surface area (Å²) in [5.74, 6) is -0.0964. The Labute approximate surface area is 84.3 Å². The Morgan fingerprint density at radius 1 is 1.43 bits per heavy atom. The fourth-order valence-electron chi connectivity index (χ4n) is 1.28. The number of aryl methyl sites for hydroxylation is 1. The Bertz CT molecular complexity index is 285. The molecule has 76 valence electrons. The maximum absolute atomic E-state index is 11.1. The van der Waals surface area contributed by atoms with Crippen molar-refractivity contribution in [2.24, 2.45) is 5.73 Å². The van der Waals surface area contributed by atoms with Crippen LogP contribution in [0.15, 0.2) is 30.3 Å². The number of nitrogens with one attached hydrogen (secondary N) is 1. The number of rotatable bonds is 4. The number of nitrogens with two attached hydrogens (primary N) is 1. The Balaban J connectivity index is 2.38. The molecule has 0 saturated heterocycles. The summed E-state index contributed by atoms with van der Waals surface area (Å²) >= 11 is 0. The lowest BCUT2D eigenvalue weighted by atomic mass is 10.1. The Morgan fingerprint density at radius 2 is 2.07 bits per heavy atom. The third kappa shape index (κ3) is 3.18. The van der Waals surface area contributed by atoms with Gasteiger partial charge in [0.2, 0.25) is 5.91 Å². The van der Waals surface area contributed by atoms with Crippen LogP contribution in [0.5, 0.6) is 0 Å². The zero-order chi connectivity index (χ0) is 10.4. The molecule has 0 aromatic heterocycles. The maximum atomic E-state index is 11.1. The van der Waals surface area contributed by atoms with Crippen molar-refractivity contribution in [3.8, 4) is 0 Å². The summed E-state index contributed by atoms with van der Waals surface area (Å²) in [6.07, 6.45) is 1.53. The van der Waals surface area contributed by atoms with Gasteiger partial charge in [0.25, 0.3) is 0 Å². The summed E-state index contributed by atoms with van der Waals surface area (Å²) in [7, 11) is 1.60. The van der Waals surface area contributed by atoms with Crippen molar-refractivity contribution in [2.75, 3.05) is 7.05 Å². The molecule has 0 spiro atoms. The normalized spacial score (nSPS) is 12.1. The van der Waals surface area contributed by atoms with Gasteiger partial charge < -0.3 is 11.1 Å². The largest absolute Gasteiger partial charge is 0.358 e. The monoisotopic (exact) mass is 192 g/mol. The fourth-order valence-corrected chi connectivity index (χ4v) is 1.28. The molecule has 0 aliphatic carbocycles. The van der Waals surface area contributed by atoms with E-state index in [0.717, 1.165) is 6.42 Å². The van der Waals surface area contributed by atoms with Crippen LogP contribution in [0.1, 0.15) is 12.0 Å². The molecule has 1 rings (SSSR count). The van der Waals surface area contributed by atoms with Gasteiger partial charge in [-0.2, -0.15) is 0 Å². The lowest BCUT2D eigenvalue weighted by Crippen LogP contribution is -2.38. The second kappa shape index (κ2) is 5.40. The van der Waals surface area contributed by atoms with Gasteiger partial charge >= 0.3 is 0 Å². The van der Waals surface area contributed by atoms with Crippen molar-refractivity contribution >= 4 is 5.91 Å². The second-order valence-electron chi connectivity index (χ2n) is 3.25. The van der Waals surface area contributed by atoms with Gasteiger partial charge in [-0.25, -0.2) is 0 Å². The predicted octanol–water partition coefficient (Wildman–Crippen LogP) is 0.692. The number of likely N-dealkylation sites (N-methyl/N-ethyl adjacent to an activating group) is 1. The average molecular weight is 192 g/mol. The Kier molecular flexibility index (Phi) is 4.13. The first kappa shape index (κ1) is 10.7. The molecule has 1 atom stereocenters. The minimum Gasteiger partial charge on any atom is -0.358 e. The number of hydrogen-bond acceptors (Lipinski definition) is 2. The highest BCUT2D eigenvalue weighted by molar-refractivity contribution is 5.81. The molecule has 1 aromatic rings. The molecule has 1 unspecified atom stereocenters. The quantitative estimate of drug-likeness (QED) is 0.737. The van der Waals surface area contributed by atoms with Crippen LogP contribution in [-0.2, 0) is 11.2 Å². The zero-order valence-corrected chi connectivity index (χ0v) is 8.36. The van der Waals surface area contributed by atoms with Crippen molar-refractivity contribution in [3.63, 3.8) is 0 Å². The van der Waals surface area contributed by atoms with Crippen LogP contribution in [-0.4, -0.2) is 19.0 Å². The van der Waals surface area contributed by atoms with E-state index in [-0.39, 0.29) is 5.91 Å². The molecule has 3 nitrogen and oxygen atoms in total. The summed E-state index contributed by atoms with van der Waals surface area (Å²) in [5, 5.41) is 2.54. The van der Waals surface area contributed by atoms with Gasteiger partial charge in [-0.05, 0) is 18.4 Å². The standard InChI is InChI=1S/C11H16N2O/c1-13-11(14)10(12)8-7-9-5-3-2-4-6-9/h2-6,10H,7-8,12H2,1H3,(H,13,14). The molecule has 1 amide bonds. The van der Waals surface area contributed by atoms with Crippen LogP contribution in [0, 0.1) is 0 Å². The highest BCUT2D eigenvalue weighted by Gasteiger charge is 2.10. The first-order valence-corrected chi connectivity index (χ1v) is 4.75. The van der Waals surface area contributed by atoms with E-state index in [1.54, 1.807) is 7.05 Å². The van der Waals surface area contributed by atoms with E-state index in [4.69, 9.17) is 5.73 Å². The summed E-state index contributed by atoms with van der Waals surface area (Å²) in [6.45, 7) is 0. The minimum atomic E-state index is -0.403. The van der Waals surface area contributed by atoms with E-state index in [1.165, 1.54) is 5.56 Å². The lowest BCUT2D eigenvalue weighted by Gasteiger charge is -2.09. The maximum Gasteiger partial charge on any atom is 0.236 e. The molecule has 0 heterocycles. The molecule has 3 N–H and O–H groups in total. The third-order valence-electron chi connectivity index (χ3n) is 2.17. The summed E-state index contributed by atoms with van der Waals surface area (Å²) in [5.41, 5.74) is 6.88. The van der Waals surface area contributed by atoms with Gasteiger partial charge in [0.1, 0.15) is 0 Å². The van der Waals surface area contributed by atoms with E-state index >= 15 is 0 Å². The number of amides is 1. The van der Waals surface area contributed by atoms with Gasteiger partial charge in [-0.15, -0.1) is 0 Å². The van der Waals surface area contributed by atoms with Crippen LogP contribution in [0.4, 0.5) is 0 Å². The average Bonchev–Trinajstić information content (AvgIpc) is 2.26. The van der Waals surface area contributed by atoms with Gasteiger partial charge in [0.15, 0.2) is 0 Å². The number of benzene rings is 1. The zero-order valence-electron chi connectivity index (χ0n) is 8.36. The summed E-state index contributed by atoms with van der Waals surface area (Å²) < 4.78 is 0. The smallest absolute Gasteiger partial charge is 0.236 e. The van der Waals surface area contributed by atoms with Crippen LogP contribution in [0.2, 0.25) is 0 Å². The van der Waals surface area contributed by atoms with Crippen molar-refractivity contribution in [2.45, 2.75) is 18.9 Å². The number of carbonyl (C=O) groups is 1. The Hall–Kier alpha value is -1.35. The molecular formula is C11H16N2O. The van der Waals surface area contributed by atoms with Crippen molar-refractivity contribution < 1.29 is 4.79 Å². The van der Waals surface area contributed by atoms with E-state index in [1.807, 2.05) is 30.3 Å². The molecule has 0 aliphatic rings. The van der Waals surface area contributed by atoms with Gasteiger partial charge in [0, 0.05) is 7.05 Å². The third-order valence-corrected chi connectivity index (χ3v) is 2.17. The molecule has 3 heteroatoms. The molecule has 0 aliphatic heterocycles. The molecule has 0 saturated carbocycles. The highest BCUT2D eigenvalue weighted by Crippen LogP contribution is 2.03. The van der Waals surface area contributed by atoms with Gasteiger partial charge in [0.05, 0.1) is 6.04 Å². The molecule has 1 aromatic carbocycles. The van der Waals surface area contributed by atoms with E-state index in [2.05, 4.69) is 5.32 Å². The highest BCUT2D eigenvalue weighted by atomic mass is 16.2. The predicted molar refractivity (Wildman–Crippen MR) is 56.8 cm³/mol. The van der Waals surface area contributed by atoms with Crippen LogP contribution in [0.3, 0.4) is 0 Å². The SMILES string of the molecule is CNC(=O)C(N)CCc1ccccc1. The molecule has 14 heavy (non-hydrogen) atoms. The second-order valence-corrected chi connectivity index (χ2v) is 3.25. The summed E-state index contributed by atoms with van der Waals surface area (Å²) in [4.78, 5) is 11.1. The van der Waals surface area contributed by atoms with Crippen LogP contribution >= 0.6 is 0 Å². The lowest BCUT2D eigenvalue weighted by molar-refractivity contribution is -0.121. The fraction of sp³-hybridized carbons (Fsp3) is 0.364. The van der Waals surface area contributed by atoms with E-state index in [9.17, 15) is 4.79 Å². The Morgan fingerprint density at radius 3 is 2.64 bits per heavy atom. The van der Waals surface area contributed by atoms with E-state index < -0.39 is 6.04 Å². The van der Waals surface area contributed by atoms with Crippen molar-refractivity contribution in [1.82, 2.24) is 5.32 Å². The van der Waals surface area contributed by atoms with Crippen LogP contribution in [0.25, 0.3) is 0 Å².